The first-order valence-electron chi connectivity index (χ1n) is 11.3. The van der Waals surface area contributed by atoms with Crippen molar-refractivity contribution in [2.45, 2.75) is 32.6 Å². The average molecular weight is 463 g/mol. The van der Waals surface area contributed by atoms with Gasteiger partial charge in [0.15, 0.2) is 5.11 Å². The third kappa shape index (κ3) is 8.24. The molecule has 0 fully saturated rings. The van der Waals surface area contributed by atoms with Gasteiger partial charge in [-0.2, -0.15) is 0 Å². The van der Waals surface area contributed by atoms with Gasteiger partial charge in [0, 0.05) is 5.69 Å². The van der Waals surface area contributed by atoms with Gasteiger partial charge in [0.25, 0.3) is 5.91 Å². The minimum Gasteiger partial charge on any atom is -0.494 e. The molecule has 0 bridgehead atoms. The number of carbonyl (C=O) groups is 1. The molecule has 0 aliphatic rings. The number of unbranched alkanes of at least 4 members (excludes halogenated alkanes) is 1. The van der Waals surface area contributed by atoms with E-state index in [1.807, 2.05) is 36.4 Å². The molecule has 3 rings (SSSR count). The molecule has 5 nitrogen and oxygen atoms in total. The van der Waals surface area contributed by atoms with Crippen LogP contribution in [0, 0.1) is 0 Å². The van der Waals surface area contributed by atoms with E-state index >= 15 is 0 Å². The van der Waals surface area contributed by atoms with Crippen LogP contribution in [0.3, 0.4) is 0 Å². The molecular formula is C27H30N2O3S. The molecule has 1 amide bonds. The molecule has 0 aromatic heterocycles. The van der Waals surface area contributed by atoms with E-state index in [0.717, 1.165) is 37.1 Å². The predicted molar refractivity (Wildman–Crippen MR) is 137 cm³/mol. The molecule has 3 aromatic carbocycles. The minimum absolute atomic E-state index is 0.222. The van der Waals surface area contributed by atoms with Gasteiger partial charge in [-0.3, -0.25) is 10.1 Å². The molecule has 0 spiro atoms. The fourth-order valence-corrected chi connectivity index (χ4v) is 3.40. The topological polar surface area (TPSA) is 59.6 Å². The molecular weight excluding hydrogens is 432 g/mol. The van der Waals surface area contributed by atoms with Crippen LogP contribution in [-0.4, -0.2) is 24.2 Å². The Bertz CT molecular complexity index is 1020. The van der Waals surface area contributed by atoms with Crippen LogP contribution in [0.2, 0.25) is 0 Å². The van der Waals surface area contributed by atoms with Gasteiger partial charge in [-0.15, -0.1) is 0 Å². The van der Waals surface area contributed by atoms with Crippen LogP contribution in [0.1, 0.15) is 42.1 Å². The normalized spacial score (nSPS) is 10.3. The Labute approximate surface area is 201 Å². The Morgan fingerprint density at radius 2 is 1.55 bits per heavy atom. The van der Waals surface area contributed by atoms with Crippen LogP contribution in [0.4, 0.5) is 5.69 Å². The number of ether oxygens (including phenoxy) is 2. The summed E-state index contributed by atoms with van der Waals surface area (Å²) in [4.78, 5) is 12.7. The molecule has 0 aliphatic carbocycles. The van der Waals surface area contributed by atoms with Crippen LogP contribution in [0.25, 0.3) is 0 Å². The van der Waals surface area contributed by atoms with Gasteiger partial charge in [-0.05, 0) is 73.4 Å². The fraction of sp³-hybridized carbons (Fsp3) is 0.259. The zero-order valence-corrected chi connectivity index (χ0v) is 19.7. The molecule has 0 atom stereocenters. The average Bonchev–Trinajstić information content (AvgIpc) is 2.84. The molecule has 6 heteroatoms. The molecule has 3 aromatic rings. The van der Waals surface area contributed by atoms with Gasteiger partial charge in [0.05, 0.1) is 18.8 Å². The summed E-state index contributed by atoms with van der Waals surface area (Å²) in [7, 11) is 0. The Hall–Kier alpha value is -3.38. The lowest BCUT2D eigenvalue weighted by molar-refractivity contribution is 0.0973. The smallest absolute Gasteiger partial charge is 0.261 e. The highest BCUT2D eigenvalue weighted by atomic mass is 32.1. The number of aryl methyl sites for hydroxylation is 1. The van der Waals surface area contributed by atoms with E-state index in [-0.39, 0.29) is 11.0 Å². The first-order chi connectivity index (χ1) is 16.2. The molecule has 0 heterocycles. The van der Waals surface area contributed by atoms with Crippen molar-refractivity contribution >= 4 is 28.9 Å². The number of nitrogens with one attached hydrogen (secondary N) is 2. The largest absolute Gasteiger partial charge is 0.494 e. The summed E-state index contributed by atoms with van der Waals surface area (Å²) in [6.07, 6.45) is 3.90. The zero-order valence-electron chi connectivity index (χ0n) is 18.9. The lowest BCUT2D eigenvalue weighted by Crippen LogP contribution is -2.34. The number of hydrogen-bond acceptors (Lipinski definition) is 4. The highest BCUT2D eigenvalue weighted by Crippen LogP contribution is 2.19. The lowest BCUT2D eigenvalue weighted by atomic mass is 10.1. The van der Waals surface area contributed by atoms with E-state index in [9.17, 15) is 4.79 Å². The summed E-state index contributed by atoms with van der Waals surface area (Å²) in [5.74, 6) is 1.04. The highest BCUT2D eigenvalue weighted by molar-refractivity contribution is 7.80. The number of hydrogen-bond donors (Lipinski definition) is 2. The second-order valence-electron chi connectivity index (χ2n) is 7.57. The first kappa shape index (κ1) is 24.3. The number of thiocarbonyl (C=S) groups is 1. The molecule has 172 valence electrons. The van der Waals surface area contributed by atoms with Crippen LogP contribution in [-0.2, 0) is 6.42 Å². The molecule has 0 saturated carbocycles. The number of para-hydroxylation sites is 1. The lowest BCUT2D eigenvalue weighted by Gasteiger charge is -2.13. The Kier molecular flexibility index (Phi) is 9.73. The van der Waals surface area contributed by atoms with Crippen molar-refractivity contribution in [2.75, 3.05) is 18.5 Å². The van der Waals surface area contributed by atoms with Crippen molar-refractivity contribution in [3.8, 4) is 11.5 Å². The second kappa shape index (κ2) is 13.2. The van der Waals surface area contributed by atoms with Gasteiger partial charge in [0.2, 0.25) is 0 Å². The number of benzene rings is 3. The van der Waals surface area contributed by atoms with Crippen LogP contribution in [0.5, 0.6) is 11.5 Å². The number of carbonyl (C=O) groups excluding carboxylic acids is 1. The Morgan fingerprint density at radius 1 is 0.848 bits per heavy atom. The standard InChI is InChI=1S/C27H30N2O3S/c1-2-3-19-32-25-14-8-7-13-24(25)26(30)29-27(33)28-22-15-17-23(18-16-22)31-20-9-12-21-10-5-4-6-11-21/h4-8,10-11,13-18H,2-3,9,12,19-20H2,1H3,(H2,28,29,30,33). The Morgan fingerprint density at radius 3 is 2.30 bits per heavy atom. The number of anilines is 1. The third-order valence-electron chi connectivity index (χ3n) is 4.95. The fourth-order valence-electron chi connectivity index (χ4n) is 3.18. The predicted octanol–water partition coefficient (Wildman–Crippen LogP) is 6.00. The summed E-state index contributed by atoms with van der Waals surface area (Å²) < 4.78 is 11.6. The van der Waals surface area contributed by atoms with E-state index in [1.165, 1.54) is 5.56 Å². The zero-order chi connectivity index (χ0) is 23.3. The quantitative estimate of drug-likeness (QED) is 0.270. The van der Waals surface area contributed by atoms with E-state index in [2.05, 4.69) is 41.8 Å². The SMILES string of the molecule is CCCCOc1ccccc1C(=O)NC(=S)Nc1ccc(OCCCc2ccccc2)cc1. The summed E-state index contributed by atoms with van der Waals surface area (Å²) >= 11 is 5.31. The molecule has 0 aliphatic heterocycles. The van der Waals surface area contributed by atoms with E-state index < -0.39 is 0 Å². The van der Waals surface area contributed by atoms with Gasteiger partial charge < -0.3 is 14.8 Å². The van der Waals surface area contributed by atoms with Gasteiger partial charge in [-0.25, -0.2) is 0 Å². The number of amides is 1. The third-order valence-corrected chi connectivity index (χ3v) is 5.15. The highest BCUT2D eigenvalue weighted by Gasteiger charge is 2.13. The van der Waals surface area contributed by atoms with Crippen LogP contribution in [0.15, 0.2) is 78.9 Å². The van der Waals surface area contributed by atoms with Crippen LogP contribution < -0.4 is 20.1 Å². The van der Waals surface area contributed by atoms with Gasteiger partial charge in [-0.1, -0.05) is 55.8 Å². The summed E-state index contributed by atoms with van der Waals surface area (Å²) in [5.41, 5.74) is 2.53. The van der Waals surface area contributed by atoms with E-state index in [0.29, 0.717) is 24.5 Å². The second-order valence-corrected chi connectivity index (χ2v) is 7.98. The maximum absolute atomic E-state index is 12.7. The number of rotatable bonds is 11. The Balaban J connectivity index is 1.44. The maximum Gasteiger partial charge on any atom is 0.261 e. The molecule has 2 N–H and O–H groups in total. The van der Waals surface area contributed by atoms with Gasteiger partial charge in [0.1, 0.15) is 11.5 Å². The molecule has 33 heavy (non-hydrogen) atoms. The summed E-state index contributed by atoms with van der Waals surface area (Å²) in [5, 5.41) is 5.97. The van der Waals surface area contributed by atoms with E-state index in [4.69, 9.17) is 21.7 Å². The van der Waals surface area contributed by atoms with Crippen molar-refractivity contribution < 1.29 is 14.3 Å². The first-order valence-corrected chi connectivity index (χ1v) is 11.7. The summed E-state index contributed by atoms with van der Waals surface area (Å²) in [6.45, 7) is 3.32. The van der Waals surface area contributed by atoms with Crippen molar-refractivity contribution in [3.63, 3.8) is 0 Å². The van der Waals surface area contributed by atoms with Gasteiger partial charge >= 0.3 is 0 Å². The van der Waals surface area contributed by atoms with Crippen molar-refractivity contribution in [3.05, 3.63) is 90.0 Å². The van der Waals surface area contributed by atoms with Crippen molar-refractivity contribution in [2.24, 2.45) is 0 Å². The van der Waals surface area contributed by atoms with Crippen molar-refractivity contribution in [1.29, 1.82) is 0 Å². The molecule has 0 unspecified atom stereocenters. The summed E-state index contributed by atoms with van der Waals surface area (Å²) in [6, 6.07) is 25.0. The minimum atomic E-state index is -0.307. The van der Waals surface area contributed by atoms with Crippen molar-refractivity contribution in [1.82, 2.24) is 5.32 Å². The van der Waals surface area contributed by atoms with E-state index in [1.54, 1.807) is 18.2 Å². The maximum atomic E-state index is 12.7. The van der Waals surface area contributed by atoms with Crippen LogP contribution >= 0.6 is 12.2 Å². The monoisotopic (exact) mass is 462 g/mol. The molecule has 0 radical (unpaired) electrons. The molecule has 0 saturated heterocycles.